The highest BCUT2D eigenvalue weighted by atomic mass is 32.1. The lowest BCUT2D eigenvalue weighted by molar-refractivity contribution is 0.0536. The summed E-state index contributed by atoms with van der Waals surface area (Å²) < 4.78 is 5.62. The molecule has 2 aromatic rings. The summed E-state index contributed by atoms with van der Waals surface area (Å²) in [6, 6.07) is 3.93. The van der Waals surface area contributed by atoms with Crippen molar-refractivity contribution in [1.29, 1.82) is 0 Å². The maximum Gasteiger partial charge on any atom is 0.265 e. The maximum atomic E-state index is 12.9. The lowest BCUT2D eigenvalue weighted by atomic mass is 9.79. The van der Waals surface area contributed by atoms with Crippen LogP contribution in [0, 0.1) is 19.3 Å². The van der Waals surface area contributed by atoms with E-state index in [1.165, 1.54) is 11.3 Å². The number of furan rings is 1. The fraction of sp³-hybridized carbons (Fsp3) is 0.529. The lowest BCUT2D eigenvalue weighted by Crippen LogP contribution is -2.53. The zero-order valence-corrected chi connectivity index (χ0v) is 14.9. The van der Waals surface area contributed by atoms with Gasteiger partial charge in [-0.15, -0.1) is 11.3 Å². The average molecular weight is 333 g/mol. The van der Waals surface area contributed by atoms with Crippen molar-refractivity contribution in [2.24, 2.45) is 11.1 Å². The van der Waals surface area contributed by atoms with Crippen molar-refractivity contribution in [3.8, 4) is 10.8 Å². The minimum atomic E-state index is -0.0620. The van der Waals surface area contributed by atoms with Crippen LogP contribution in [0.3, 0.4) is 0 Å². The number of piperidine rings is 1. The van der Waals surface area contributed by atoms with E-state index in [1.54, 1.807) is 0 Å². The molecule has 6 heteroatoms. The van der Waals surface area contributed by atoms with Crippen LogP contribution >= 0.6 is 11.3 Å². The Morgan fingerprint density at radius 1 is 1.43 bits per heavy atom. The molecule has 2 aromatic heterocycles. The van der Waals surface area contributed by atoms with Crippen LogP contribution in [-0.4, -0.2) is 34.9 Å². The number of thiazole rings is 1. The van der Waals surface area contributed by atoms with E-state index in [2.05, 4.69) is 18.8 Å². The largest absolute Gasteiger partial charge is 0.459 e. The van der Waals surface area contributed by atoms with Crippen molar-refractivity contribution in [3.05, 3.63) is 28.5 Å². The van der Waals surface area contributed by atoms with Crippen LogP contribution < -0.4 is 5.73 Å². The van der Waals surface area contributed by atoms with Gasteiger partial charge in [0.25, 0.3) is 5.91 Å². The third-order valence-electron chi connectivity index (χ3n) is 4.54. The van der Waals surface area contributed by atoms with Gasteiger partial charge >= 0.3 is 0 Å². The number of aryl methyl sites for hydroxylation is 2. The minimum absolute atomic E-state index is 0.0505. The Morgan fingerprint density at radius 2 is 2.17 bits per heavy atom. The van der Waals surface area contributed by atoms with Gasteiger partial charge in [0.15, 0.2) is 10.8 Å². The van der Waals surface area contributed by atoms with E-state index < -0.39 is 0 Å². The monoisotopic (exact) mass is 333 g/mol. The van der Waals surface area contributed by atoms with E-state index in [-0.39, 0.29) is 17.4 Å². The van der Waals surface area contributed by atoms with Gasteiger partial charge in [-0.1, -0.05) is 13.8 Å². The van der Waals surface area contributed by atoms with Crippen molar-refractivity contribution in [3.63, 3.8) is 0 Å². The van der Waals surface area contributed by atoms with Gasteiger partial charge in [-0.05, 0) is 37.8 Å². The average Bonchev–Trinajstić information content (AvgIpc) is 3.07. The first-order chi connectivity index (χ1) is 10.8. The predicted molar refractivity (Wildman–Crippen MR) is 91.6 cm³/mol. The molecule has 1 atom stereocenters. The molecule has 0 aromatic carbocycles. The summed E-state index contributed by atoms with van der Waals surface area (Å²) in [5, 5.41) is 0.756. The fourth-order valence-corrected chi connectivity index (χ4v) is 3.94. The Labute approximate surface area is 140 Å². The number of amides is 1. The van der Waals surface area contributed by atoms with Gasteiger partial charge in [-0.25, -0.2) is 4.98 Å². The van der Waals surface area contributed by atoms with Gasteiger partial charge < -0.3 is 15.1 Å². The number of hydrogen-bond donors (Lipinski definition) is 1. The second-order valence-electron chi connectivity index (χ2n) is 6.95. The molecule has 124 valence electrons. The lowest BCUT2D eigenvalue weighted by Gasteiger charge is -2.42. The number of likely N-dealkylation sites (tertiary alicyclic amines) is 1. The topological polar surface area (TPSA) is 72.4 Å². The Kier molecular flexibility index (Phi) is 4.06. The van der Waals surface area contributed by atoms with Gasteiger partial charge in [0.05, 0.1) is 5.69 Å². The number of carbonyl (C=O) groups excluding carboxylic acids is 1. The Balaban J connectivity index is 1.84. The SMILES string of the molecule is Cc1ccc(-c2nc(C)c(C(=O)N3CCC(N)C(C)(C)C3)s2)o1. The van der Waals surface area contributed by atoms with E-state index in [9.17, 15) is 4.79 Å². The van der Waals surface area contributed by atoms with Crippen LogP contribution in [0.4, 0.5) is 0 Å². The van der Waals surface area contributed by atoms with Gasteiger partial charge in [-0.2, -0.15) is 0 Å². The van der Waals surface area contributed by atoms with Gasteiger partial charge in [0.2, 0.25) is 0 Å². The first-order valence-corrected chi connectivity index (χ1v) is 8.68. The number of hydrogen-bond acceptors (Lipinski definition) is 5. The van der Waals surface area contributed by atoms with E-state index in [0.29, 0.717) is 18.0 Å². The molecule has 2 N–H and O–H groups in total. The molecule has 1 aliphatic heterocycles. The quantitative estimate of drug-likeness (QED) is 0.916. The van der Waals surface area contributed by atoms with Crippen LogP contribution in [0.1, 0.15) is 41.4 Å². The molecular formula is C17H23N3O2S. The molecule has 1 unspecified atom stereocenters. The molecular weight excluding hydrogens is 310 g/mol. The number of nitrogens with two attached hydrogens (primary N) is 1. The van der Waals surface area contributed by atoms with Crippen molar-refractivity contribution < 1.29 is 9.21 Å². The van der Waals surface area contributed by atoms with E-state index in [1.807, 2.05) is 30.9 Å². The van der Waals surface area contributed by atoms with Crippen molar-refractivity contribution in [2.75, 3.05) is 13.1 Å². The smallest absolute Gasteiger partial charge is 0.265 e. The Bertz CT molecular complexity index is 732. The molecule has 3 heterocycles. The van der Waals surface area contributed by atoms with Gasteiger partial charge in [-0.3, -0.25) is 4.79 Å². The predicted octanol–water partition coefficient (Wildman–Crippen LogP) is 3.22. The molecule has 1 saturated heterocycles. The summed E-state index contributed by atoms with van der Waals surface area (Å²) in [7, 11) is 0. The van der Waals surface area contributed by atoms with Crippen LogP contribution in [-0.2, 0) is 0 Å². The molecule has 1 fully saturated rings. The third kappa shape index (κ3) is 3.05. The Hall–Kier alpha value is -1.66. The number of carbonyl (C=O) groups is 1. The highest BCUT2D eigenvalue weighted by Crippen LogP contribution is 2.33. The fourth-order valence-electron chi connectivity index (χ4n) is 2.94. The summed E-state index contributed by atoms with van der Waals surface area (Å²) >= 11 is 1.40. The summed E-state index contributed by atoms with van der Waals surface area (Å²) in [4.78, 5) is 20.0. The maximum absolute atomic E-state index is 12.9. The molecule has 0 aliphatic carbocycles. The summed E-state index contributed by atoms with van der Waals surface area (Å²) in [5.74, 6) is 1.61. The minimum Gasteiger partial charge on any atom is -0.459 e. The summed E-state index contributed by atoms with van der Waals surface area (Å²) in [5.41, 5.74) is 6.86. The standard InChI is InChI=1S/C17H23N3O2S/c1-10-5-6-12(22-10)15-19-11(2)14(23-15)16(21)20-8-7-13(18)17(3,4)9-20/h5-6,13H,7-9,18H2,1-4H3. The molecule has 1 aliphatic rings. The summed E-state index contributed by atoms with van der Waals surface area (Å²) in [6.07, 6.45) is 0.834. The zero-order chi connectivity index (χ0) is 16.8. The molecule has 5 nitrogen and oxygen atoms in total. The third-order valence-corrected chi connectivity index (χ3v) is 5.70. The normalized spacial score (nSPS) is 20.7. The van der Waals surface area contributed by atoms with Crippen LogP contribution in [0.5, 0.6) is 0 Å². The molecule has 0 saturated carbocycles. The Morgan fingerprint density at radius 3 is 2.78 bits per heavy atom. The van der Waals surface area contributed by atoms with Crippen LogP contribution in [0.2, 0.25) is 0 Å². The number of nitrogens with zero attached hydrogens (tertiary/aromatic N) is 2. The van der Waals surface area contributed by atoms with Gasteiger partial charge in [0.1, 0.15) is 10.6 Å². The molecule has 3 rings (SSSR count). The van der Waals surface area contributed by atoms with E-state index in [4.69, 9.17) is 10.2 Å². The molecule has 1 amide bonds. The van der Waals surface area contributed by atoms with Crippen LogP contribution in [0.25, 0.3) is 10.8 Å². The molecule has 0 spiro atoms. The van der Waals surface area contributed by atoms with Crippen LogP contribution in [0.15, 0.2) is 16.5 Å². The second-order valence-corrected chi connectivity index (χ2v) is 7.95. The number of aromatic nitrogens is 1. The zero-order valence-electron chi connectivity index (χ0n) is 14.0. The van der Waals surface area contributed by atoms with Crippen molar-refractivity contribution in [1.82, 2.24) is 9.88 Å². The highest BCUT2D eigenvalue weighted by Gasteiger charge is 2.36. The van der Waals surface area contributed by atoms with Gasteiger partial charge in [0, 0.05) is 19.1 Å². The van der Waals surface area contributed by atoms with Crippen molar-refractivity contribution >= 4 is 17.2 Å². The van der Waals surface area contributed by atoms with E-state index in [0.717, 1.165) is 28.6 Å². The van der Waals surface area contributed by atoms with Crippen molar-refractivity contribution in [2.45, 2.75) is 40.2 Å². The molecule has 23 heavy (non-hydrogen) atoms. The first-order valence-electron chi connectivity index (χ1n) is 7.87. The van der Waals surface area contributed by atoms with E-state index >= 15 is 0 Å². The summed E-state index contributed by atoms with van der Waals surface area (Å²) in [6.45, 7) is 9.40. The molecule has 0 bridgehead atoms. The highest BCUT2D eigenvalue weighted by molar-refractivity contribution is 7.17. The first kappa shape index (κ1) is 16.2. The molecule has 0 radical (unpaired) electrons. The number of rotatable bonds is 2. The second kappa shape index (κ2) is 5.76.